The Balaban J connectivity index is -0.0000000316. The molecule has 0 heterocycles. The third kappa shape index (κ3) is 71.5. The SMILES string of the molecule is C.C.C.C.C.C.C.C.C.C.C.C.C.C.C.C.C.C.C.C.C.C.C.C.C.C.CCC(COC)(COC(=O)/C(C)=C/C(=O)OC)COC(=O)/C(C)=C/C(=O)OC.CCC(COC)(COCC(=O)C(C)(C)C(=O)OC)COC(=O)C(C)(C)C(=O)OC.CCC(COC)(COCC(=O)C(C)(C)OC(=O)OC)COC(=O)C(C)(C)OC(=O)OC. The van der Waals surface area contributed by atoms with Crippen molar-refractivity contribution in [2.45, 2.75) is 314 Å². The Morgan fingerprint density at radius 1 is 0.272 bits per heavy atom. The van der Waals surface area contributed by atoms with Crippen LogP contribution in [0.4, 0.5) is 9.59 Å². The Kier molecular flexibility index (Phi) is 167. The molecule has 0 aromatic rings. The Morgan fingerprint density at radius 3 is 0.772 bits per heavy atom. The van der Waals surface area contributed by atoms with Crippen molar-refractivity contribution in [3.8, 4) is 0 Å². The summed E-state index contributed by atoms with van der Waals surface area (Å²) in [6.45, 7) is 19.2. The predicted octanol–water partition coefficient (Wildman–Crippen LogP) is 21.7. The van der Waals surface area contributed by atoms with E-state index in [1.54, 1.807) is 0 Å². The van der Waals surface area contributed by atoms with Gasteiger partial charge in [-0.05, 0) is 88.5 Å². The lowest BCUT2D eigenvalue weighted by atomic mass is 9.87. The third-order valence-electron chi connectivity index (χ3n) is 13.4. The van der Waals surface area contributed by atoms with Gasteiger partial charge in [-0.3, -0.25) is 24.0 Å². The van der Waals surface area contributed by atoms with Crippen molar-refractivity contribution < 1.29 is 138 Å². The normalized spacial score (nSPS) is 10.2. The van der Waals surface area contributed by atoms with E-state index in [4.69, 9.17) is 52.1 Å². The van der Waals surface area contributed by atoms with Crippen LogP contribution in [-0.2, 0) is 128 Å². The van der Waals surface area contributed by atoms with E-state index in [9.17, 15) is 57.5 Å². The summed E-state index contributed by atoms with van der Waals surface area (Å²) < 4.78 is 84.8. The zero-order valence-corrected chi connectivity index (χ0v) is 55.4. The molecule has 0 amide bonds. The van der Waals surface area contributed by atoms with Gasteiger partial charge in [0.15, 0.2) is 16.8 Å². The molecular formula is C85H200O29. The number of hydrogen-bond acceptors (Lipinski definition) is 29. The fourth-order valence-corrected chi connectivity index (χ4v) is 6.64. The highest BCUT2D eigenvalue weighted by atomic mass is 16.7. The minimum atomic E-state index is -1.56. The van der Waals surface area contributed by atoms with Crippen molar-refractivity contribution in [3.05, 3.63) is 23.3 Å². The van der Waals surface area contributed by atoms with E-state index in [1.807, 2.05) is 20.8 Å². The van der Waals surface area contributed by atoms with E-state index in [-0.39, 0.29) is 277 Å². The van der Waals surface area contributed by atoms with Crippen LogP contribution in [0.15, 0.2) is 23.3 Å². The largest absolute Gasteiger partial charge is 0.509 e. The smallest absolute Gasteiger partial charge is 0.468 e. The van der Waals surface area contributed by atoms with Gasteiger partial charge in [0.2, 0.25) is 11.4 Å². The summed E-state index contributed by atoms with van der Waals surface area (Å²) in [5.41, 5.74) is -7.93. The van der Waals surface area contributed by atoms with Crippen molar-refractivity contribution in [1.82, 2.24) is 0 Å². The number of esters is 8. The van der Waals surface area contributed by atoms with E-state index in [2.05, 4.69) is 28.4 Å². The number of carbonyl (C=O) groups is 12. The highest BCUT2D eigenvalue weighted by Crippen LogP contribution is 2.30. The van der Waals surface area contributed by atoms with Gasteiger partial charge >= 0.3 is 60.1 Å². The quantitative estimate of drug-likeness (QED) is 0.0241. The lowest BCUT2D eigenvalue weighted by Crippen LogP contribution is -2.44. The Morgan fingerprint density at radius 2 is 0.518 bits per heavy atom. The third-order valence-corrected chi connectivity index (χ3v) is 13.4. The van der Waals surface area contributed by atoms with Gasteiger partial charge in [-0.15, -0.1) is 0 Å². The maximum absolute atomic E-state index is 12.4. The van der Waals surface area contributed by atoms with Gasteiger partial charge in [-0.1, -0.05) is 214 Å². The molecule has 0 aliphatic heterocycles. The van der Waals surface area contributed by atoms with E-state index in [1.165, 1.54) is 119 Å². The first-order chi connectivity index (χ1) is 40.8. The minimum Gasteiger partial charge on any atom is -0.468 e. The Bertz CT molecular complexity index is 2330. The molecule has 2 atom stereocenters. The number of Topliss-reactive ketones (excluding diaryl/α,β-unsaturated/α-hetero) is 2. The molecule has 0 spiro atoms. The molecule has 714 valence electrons. The van der Waals surface area contributed by atoms with Gasteiger partial charge in [0.25, 0.3) is 0 Å². The van der Waals surface area contributed by atoms with E-state index in [0.717, 1.165) is 26.4 Å². The minimum absolute atomic E-state index is 0. The lowest BCUT2D eigenvalue weighted by molar-refractivity contribution is -0.173. The molecule has 0 bridgehead atoms. The number of rotatable bonds is 37. The topological polar surface area (TPSA) is 362 Å². The zero-order chi connectivity index (χ0) is 68.9. The van der Waals surface area contributed by atoms with Crippen LogP contribution in [0.1, 0.15) is 302 Å². The first kappa shape index (κ1) is 198. The van der Waals surface area contributed by atoms with Gasteiger partial charge in [-0.2, -0.15) is 0 Å². The monoisotopic (exact) mass is 1690 g/mol. The molecule has 0 aromatic heterocycles. The van der Waals surface area contributed by atoms with Gasteiger partial charge in [0.05, 0.1) is 91.9 Å². The molecule has 0 fully saturated rings. The van der Waals surface area contributed by atoms with Crippen LogP contribution in [0.3, 0.4) is 0 Å². The summed E-state index contributed by atoms with van der Waals surface area (Å²) in [5.74, 6) is -6.53. The summed E-state index contributed by atoms with van der Waals surface area (Å²) in [4.78, 5) is 142. The molecule has 0 rings (SSSR count). The van der Waals surface area contributed by atoms with E-state index in [0.29, 0.717) is 19.3 Å². The van der Waals surface area contributed by atoms with Gasteiger partial charge in [-0.25, -0.2) is 33.6 Å². The number of methoxy groups -OCH3 is 9. The molecule has 0 radical (unpaired) electrons. The van der Waals surface area contributed by atoms with Crippen LogP contribution in [0, 0.1) is 27.1 Å². The molecule has 114 heavy (non-hydrogen) atoms. The molecule has 0 saturated carbocycles. The predicted molar refractivity (Wildman–Crippen MR) is 483 cm³/mol. The van der Waals surface area contributed by atoms with E-state index < -0.39 is 110 Å². The maximum atomic E-state index is 12.4. The molecule has 0 N–H and O–H groups in total. The Labute approximate surface area is 707 Å². The summed E-state index contributed by atoms with van der Waals surface area (Å²) in [6, 6.07) is 0. The van der Waals surface area contributed by atoms with Gasteiger partial charge < -0.3 is 80.5 Å². The number of ether oxygens (including phenoxy) is 17. The van der Waals surface area contributed by atoms with Crippen LogP contribution >= 0.6 is 0 Å². The van der Waals surface area contributed by atoms with Gasteiger partial charge in [0.1, 0.15) is 45.1 Å². The lowest BCUT2D eigenvalue weighted by Gasteiger charge is -2.33. The average molecular weight is 1690 g/mol. The first-order valence-electron chi connectivity index (χ1n) is 27.4. The second kappa shape index (κ2) is 96.5. The van der Waals surface area contributed by atoms with Crippen molar-refractivity contribution in [1.29, 1.82) is 0 Å². The maximum Gasteiger partial charge on any atom is 0.509 e. The summed E-state index contributed by atoms with van der Waals surface area (Å²) in [7, 11) is 11.5. The molecule has 29 nitrogen and oxygen atoms in total. The highest BCUT2D eigenvalue weighted by molar-refractivity contribution is 6.03. The van der Waals surface area contributed by atoms with E-state index >= 15 is 0 Å². The van der Waals surface area contributed by atoms with Crippen molar-refractivity contribution >= 4 is 71.6 Å². The summed E-state index contributed by atoms with van der Waals surface area (Å²) >= 11 is 0. The Hall–Kier alpha value is -7.08. The van der Waals surface area contributed by atoms with Crippen LogP contribution < -0.4 is 0 Å². The van der Waals surface area contributed by atoms with Gasteiger partial charge in [0, 0.05) is 44.6 Å². The summed E-state index contributed by atoms with van der Waals surface area (Å²) in [6.07, 6.45) is 1.52. The second-order valence-corrected chi connectivity index (χ2v) is 22.1. The molecule has 0 aromatic carbocycles. The number of ketones is 2. The average Bonchev–Trinajstić information content (AvgIpc) is 0.847. The number of carbonyl (C=O) groups excluding carboxylic acids is 12. The zero-order valence-electron chi connectivity index (χ0n) is 55.4. The molecule has 0 aliphatic carbocycles. The fraction of sp³-hybridized carbons (Fsp3) is 0.812. The van der Waals surface area contributed by atoms with Crippen molar-refractivity contribution in [2.75, 3.05) is 137 Å². The second-order valence-electron chi connectivity index (χ2n) is 22.1. The van der Waals surface area contributed by atoms with Crippen LogP contribution in [0.25, 0.3) is 0 Å². The molecular weight excluding hydrogens is 1480 g/mol. The van der Waals surface area contributed by atoms with Crippen molar-refractivity contribution in [3.63, 3.8) is 0 Å². The number of hydrogen-bond donors (Lipinski definition) is 0. The molecule has 29 heteroatoms. The van der Waals surface area contributed by atoms with Crippen LogP contribution in [-0.4, -0.2) is 219 Å². The fourth-order valence-electron chi connectivity index (χ4n) is 6.64. The molecule has 0 saturated heterocycles. The van der Waals surface area contributed by atoms with Crippen LogP contribution in [0.5, 0.6) is 0 Å². The summed E-state index contributed by atoms with van der Waals surface area (Å²) in [5, 5.41) is 0. The molecule has 2 unspecified atom stereocenters. The molecule has 0 aliphatic rings. The highest BCUT2D eigenvalue weighted by Gasteiger charge is 2.43. The van der Waals surface area contributed by atoms with Crippen LogP contribution in [0.2, 0.25) is 0 Å². The first-order valence-corrected chi connectivity index (χ1v) is 27.4. The van der Waals surface area contributed by atoms with Crippen molar-refractivity contribution in [2.24, 2.45) is 27.1 Å². The standard InChI is InChI=1S/C20H34O11.C20H34O9.C19H28O9.26CH4/c1-9-20(11-25-6,13-29-15(22)19(4,5)31-17(24)27-8)12-28-10-14(21)18(2,3)30-16(23)26-7;1-9-20(11-25-6,13-29-17(24)19(4,5)16(23)27-8)12-28-10-14(21)18(2,3)15(22)26-7;1-7-19(10-24-4,11-27-17(22)13(2)8-15(20)25-5)12-28-18(23)14(3)9-16(21)26-6;;;;;;;;;;;;;;;;;;;;;;;;;;/h9-13H2,1-8H3;9-13H2,1-8H3;8-9H,7,10-12H2,1-6H3;26*1H4/b;;13-8+,14-9+;;;;;;;;;;;;;;;;;;;;;;;;;;.